The summed E-state index contributed by atoms with van der Waals surface area (Å²) in [5, 5.41) is 15.0. The minimum atomic E-state index is -0.171. The van der Waals surface area contributed by atoms with E-state index in [4.69, 9.17) is 4.98 Å². The van der Waals surface area contributed by atoms with Crippen LogP contribution in [0.3, 0.4) is 0 Å². The first-order valence-electron chi connectivity index (χ1n) is 15.8. The molecule has 236 valence electrons. The predicted molar refractivity (Wildman–Crippen MR) is 185 cm³/mol. The zero-order chi connectivity index (χ0) is 32.9. The van der Waals surface area contributed by atoms with E-state index in [1.807, 2.05) is 91.0 Å². The molecule has 0 saturated carbocycles. The van der Waals surface area contributed by atoms with E-state index >= 15 is 0 Å². The van der Waals surface area contributed by atoms with Crippen LogP contribution in [0.5, 0.6) is 0 Å². The molecule has 0 bridgehead atoms. The molecular weight excluding hydrogens is 600 g/mol. The molecule has 3 aromatic heterocycles. The van der Waals surface area contributed by atoms with Crippen molar-refractivity contribution in [3.8, 4) is 22.5 Å². The van der Waals surface area contributed by atoms with Crippen molar-refractivity contribution in [2.75, 3.05) is 4.90 Å². The second-order valence-electron chi connectivity index (χ2n) is 11.5. The number of carbonyl (C=O) groups excluding carboxylic acids is 1. The molecule has 0 fully saturated rings. The topological polar surface area (TPSA) is 123 Å². The number of nitrogens with zero attached hydrogens (tertiary/aromatic N) is 7. The van der Waals surface area contributed by atoms with E-state index < -0.39 is 0 Å². The van der Waals surface area contributed by atoms with Gasteiger partial charge in [0, 0.05) is 35.6 Å². The lowest BCUT2D eigenvalue weighted by Crippen LogP contribution is -2.31. The lowest BCUT2D eigenvalue weighted by atomic mass is 9.98. The van der Waals surface area contributed by atoms with Crippen LogP contribution < -0.4 is 10.5 Å². The van der Waals surface area contributed by atoms with Crippen LogP contribution in [0.25, 0.3) is 33.4 Å². The van der Waals surface area contributed by atoms with Gasteiger partial charge in [0.15, 0.2) is 0 Å². The van der Waals surface area contributed by atoms with Crippen molar-refractivity contribution in [2.45, 2.75) is 32.9 Å². The molecule has 7 rings (SSSR count). The van der Waals surface area contributed by atoms with Crippen molar-refractivity contribution < 1.29 is 4.79 Å². The smallest absolute Gasteiger partial charge is 0.261 e. The van der Waals surface area contributed by atoms with Gasteiger partial charge in [0.25, 0.3) is 11.5 Å². The highest BCUT2D eigenvalue weighted by atomic mass is 16.2. The van der Waals surface area contributed by atoms with Crippen LogP contribution in [0, 0.1) is 0 Å². The molecule has 10 nitrogen and oxygen atoms in total. The Kier molecular flexibility index (Phi) is 8.60. The normalized spacial score (nSPS) is 11.1. The van der Waals surface area contributed by atoms with Gasteiger partial charge in [-0.25, -0.2) is 4.98 Å². The molecule has 0 aliphatic rings. The van der Waals surface area contributed by atoms with E-state index in [1.165, 1.54) is 0 Å². The molecule has 0 aliphatic carbocycles. The highest BCUT2D eigenvalue weighted by Gasteiger charge is 2.21. The lowest BCUT2D eigenvalue weighted by Gasteiger charge is -2.24. The van der Waals surface area contributed by atoms with Gasteiger partial charge in [0.05, 0.1) is 24.0 Å². The largest absolute Gasteiger partial charge is 0.304 e. The van der Waals surface area contributed by atoms with Crippen molar-refractivity contribution in [1.29, 1.82) is 0 Å². The fraction of sp³-hybridized carbons (Fsp3) is 0.132. The highest BCUT2D eigenvalue weighted by Crippen LogP contribution is 2.30. The number of tetrazole rings is 1. The predicted octanol–water partition coefficient (Wildman–Crippen LogP) is 6.49. The molecule has 48 heavy (non-hydrogen) atoms. The van der Waals surface area contributed by atoms with E-state index in [1.54, 1.807) is 40.1 Å². The number of hydrogen-bond donors (Lipinski definition) is 1. The number of benzene rings is 4. The van der Waals surface area contributed by atoms with Crippen molar-refractivity contribution in [3.63, 3.8) is 0 Å². The van der Waals surface area contributed by atoms with Gasteiger partial charge >= 0.3 is 0 Å². The number of amides is 1. The summed E-state index contributed by atoms with van der Waals surface area (Å²) in [5.41, 5.74) is 6.31. The standard InChI is InChI=1S/C38H32N8O2/c1-2-9-35-40-34-20-19-30(45(25-27-10-8-21-39-23-27)37(47)29-11-4-3-5-12-29)22-33(34)38(48)46(35)24-26-15-17-28(18-16-26)31-13-6-7-14-32(31)36-41-43-44-42-36/h3-8,10-23H,2,9,24-25H2,1H3,(H,41,42,43,44). The Labute approximate surface area is 276 Å². The molecule has 1 N–H and O–H groups in total. The zero-order valence-corrected chi connectivity index (χ0v) is 26.3. The maximum absolute atomic E-state index is 14.3. The van der Waals surface area contributed by atoms with Crippen molar-refractivity contribution >= 4 is 22.5 Å². The van der Waals surface area contributed by atoms with E-state index in [2.05, 4.69) is 32.5 Å². The van der Waals surface area contributed by atoms with Crippen molar-refractivity contribution in [1.82, 2.24) is 35.2 Å². The average molecular weight is 633 g/mol. The quantitative estimate of drug-likeness (QED) is 0.183. The maximum Gasteiger partial charge on any atom is 0.261 e. The van der Waals surface area contributed by atoms with Crippen LogP contribution in [0.15, 0.2) is 126 Å². The third-order valence-electron chi connectivity index (χ3n) is 8.25. The number of aromatic nitrogens is 7. The summed E-state index contributed by atoms with van der Waals surface area (Å²) in [7, 11) is 0. The van der Waals surface area contributed by atoms with Gasteiger partial charge in [-0.05, 0) is 70.3 Å². The Morgan fingerprint density at radius 1 is 0.854 bits per heavy atom. The maximum atomic E-state index is 14.3. The SMILES string of the molecule is CCCc1nc2ccc(N(Cc3cccnc3)C(=O)c3ccccc3)cc2c(=O)n1Cc1ccc(-c2ccccc2-c2nn[nH]n2)cc1. The van der Waals surface area contributed by atoms with Crippen LogP contribution in [-0.4, -0.2) is 41.1 Å². The fourth-order valence-electron chi connectivity index (χ4n) is 5.87. The van der Waals surface area contributed by atoms with E-state index in [-0.39, 0.29) is 11.5 Å². The number of hydrogen-bond acceptors (Lipinski definition) is 7. The summed E-state index contributed by atoms with van der Waals surface area (Å²) in [6, 6.07) is 34.4. The zero-order valence-electron chi connectivity index (χ0n) is 26.3. The minimum absolute atomic E-state index is 0.148. The van der Waals surface area contributed by atoms with Crippen LogP contribution in [0.1, 0.15) is 40.7 Å². The van der Waals surface area contributed by atoms with Crippen LogP contribution in [-0.2, 0) is 19.5 Å². The Balaban J connectivity index is 1.25. The molecule has 0 radical (unpaired) electrons. The fourth-order valence-corrected chi connectivity index (χ4v) is 5.87. The molecule has 4 aromatic carbocycles. The third kappa shape index (κ3) is 6.23. The molecule has 3 heterocycles. The number of H-pyrrole nitrogens is 1. The van der Waals surface area contributed by atoms with Gasteiger partial charge in [-0.15, -0.1) is 10.2 Å². The van der Waals surface area contributed by atoms with Crippen LogP contribution in [0.4, 0.5) is 5.69 Å². The third-order valence-corrected chi connectivity index (χ3v) is 8.25. The number of aromatic amines is 1. The second kappa shape index (κ2) is 13.6. The molecule has 0 unspecified atom stereocenters. The summed E-state index contributed by atoms with van der Waals surface area (Å²) in [6.45, 7) is 2.73. The van der Waals surface area contributed by atoms with E-state index in [9.17, 15) is 9.59 Å². The number of rotatable bonds is 10. The molecule has 0 aliphatic heterocycles. The number of aryl methyl sites for hydroxylation is 1. The summed E-state index contributed by atoms with van der Waals surface area (Å²) >= 11 is 0. The van der Waals surface area contributed by atoms with Crippen LogP contribution in [0.2, 0.25) is 0 Å². The molecule has 0 saturated heterocycles. The van der Waals surface area contributed by atoms with Crippen molar-refractivity contribution in [3.05, 3.63) is 154 Å². The van der Waals surface area contributed by atoms with Gasteiger partial charge in [0.1, 0.15) is 5.82 Å². The molecule has 0 spiro atoms. The summed E-state index contributed by atoms with van der Waals surface area (Å²) in [4.78, 5) is 38.9. The van der Waals surface area contributed by atoms with Crippen molar-refractivity contribution in [2.24, 2.45) is 0 Å². The number of fused-ring (bicyclic) bond motifs is 1. The summed E-state index contributed by atoms with van der Waals surface area (Å²) in [5.74, 6) is 1.08. The Morgan fingerprint density at radius 2 is 1.65 bits per heavy atom. The first-order valence-corrected chi connectivity index (χ1v) is 15.8. The first-order chi connectivity index (χ1) is 23.6. The van der Waals surface area contributed by atoms with Gasteiger partial charge in [0.2, 0.25) is 5.82 Å². The number of anilines is 1. The Morgan fingerprint density at radius 3 is 2.38 bits per heavy atom. The number of pyridine rings is 1. The van der Waals surface area contributed by atoms with Gasteiger partial charge in [-0.3, -0.25) is 19.1 Å². The molecular formula is C38H32N8O2. The molecule has 7 aromatic rings. The van der Waals surface area contributed by atoms with E-state index in [0.29, 0.717) is 47.5 Å². The van der Waals surface area contributed by atoms with E-state index in [0.717, 1.165) is 40.1 Å². The summed E-state index contributed by atoms with van der Waals surface area (Å²) in [6.07, 6.45) is 4.94. The van der Waals surface area contributed by atoms with Gasteiger partial charge in [-0.1, -0.05) is 79.7 Å². The summed E-state index contributed by atoms with van der Waals surface area (Å²) < 4.78 is 1.75. The molecule has 0 atom stereocenters. The second-order valence-corrected chi connectivity index (χ2v) is 11.5. The van der Waals surface area contributed by atoms with Gasteiger partial charge < -0.3 is 4.90 Å². The monoisotopic (exact) mass is 632 g/mol. The Hall–Kier alpha value is -6.29. The van der Waals surface area contributed by atoms with Gasteiger partial charge in [-0.2, -0.15) is 5.21 Å². The highest BCUT2D eigenvalue weighted by molar-refractivity contribution is 6.06. The molecule has 10 heteroatoms. The lowest BCUT2D eigenvalue weighted by molar-refractivity contribution is 0.0985. The number of carbonyl (C=O) groups is 1. The Bertz CT molecular complexity index is 2230. The average Bonchev–Trinajstić information content (AvgIpc) is 3.68. The number of nitrogens with one attached hydrogen (secondary N) is 1. The minimum Gasteiger partial charge on any atom is -0.304 e. The first kappa shape index (κ1) is 30.4. The molecule has 1 amide bonds. The van der Waals surface area contributed by atoms with Crippen LogP contribution >= 0.6 is 0 Å².